The van der Waals surface area contributed by atoms with E-state index in [4.69, 9.17) is 11.6 Å². The molecule has 0 spiro atoms. The molecule has 0 aromatic heterocycles. The van der Waals surface area contributed by atoms with E-state index >= 15 is 0 Å². The summed E-state index contributed by atoms with van der Waals surface area (Å²) < 4.78 is 42.3. The van der Waals surface area contributed by atoms with E-state index in [-0.39, 0.29) is 29.0 Å². The monoisotopic (exact) mass is 587 g/mol. The summed E-state index contributed by atoms with van der Waals surface area (Å²) in [5.74, 6) is -1.16. The van der Waals surface area contributed by atoms with Crippen molar-refractivity contribution in [3.8, 4) is 0 Å². The number of benzene rings is 3. The Labute approximate surface area is 241 Å². The van der Waals surface area contributed by atoms with Gasteiger partial charge in [-0.15, -0.1) is 0 Å². The quantitative estimate of drug-likeness (QED) is 0.300. The van der Waals surface area contributed by atoms with Gasteiger partial charge in [0.15, 0.2) is 0 Å². The van der Waals surface area contributed by atoms with Crippen LogP contribution in [-0.4, -0.2) is 44.3 Å². The van der Waals surface area contributed by atoms with Gasteiger partial charge >= 0.3 is 0 Å². The molecule has 3 aromatic rings. The van der Waals surface area contributed by atoms with E-state index < -0.39 is 34.3 Å². The van der Waals surface area contributed by atoms with Crippen molar-refractivity contribution in [2.24, 2.45) is 5.92 Å². The molecule has 0 fully saturated rings. The number of amides is 2. The van der Waals surface area contributed by atoms with Crippen LogP contribution in [0.1, 0.15) is 38.3 Å². The standard InChI is InChI=1S/C30H35ClFN3O4S/c1-5-28(30(37)33-18-21(2)3)34(19-23-8-12-25(32)13-9-23)29(36)20-35(26-14-10-24(31)11-15-26)40(38,39)27-16-6-22(4)7-17-27/h6-17,21,28H,5,18-20H2,1-4H3,(H,33,37)/t28-/m0/s1. The van der Waals surface area contributed by atoms with Crippen LogP contribution in [-0.2, 0) is 26.2 Å². The summed E-state index contributed by atoms with van der Waals surface area (Å²) >= 11 is 6.06. The fourth-order valence-electron chi connectivity index (χ4n) is 4.10. The van der Waals surface area contributed by atoms with E-state index in [2.05, 4.69) is 5.32 Å². The second kappa shape index (κ2) is 13.8. The van der Waals surface area contributed by atoms with Gasteiger partial charge in [0.05, 0.1) is 10.6 Å². The van der Waals surface area contributed by atoms with Gasteiger partial charge in [0.1, 0.15) is 18.4 Å². The summed E-state index contributed by atoms with van der Waals surface area (Å²) in [6.07, 6.45) is 0.294. The van der Waals surface area contributed by atoms with E-state index in [1.165, 1.54) is 53.4 Å². The minimum atomic E-state index is -4.17. The van der Waals surface area contributed by atoms with Gasteiger partial charge in [-0.25, -0.2) is 12.8 Å². The number of aryl methyl sites for hydroxylation is 1. The molecular formula is C30H35ClFN3O4S. The Morgan fingerprint density at radius 2 is 1.55 bits per heavy atom. The molecule has 1 atom stereocenters. The predicted molar refractivity (Wildman–Crippen MR) is 156 cm³/mol. The number of carbonyl (C=O) groups is 2. The third-order valence-electron chi connectivity index (χ3n) is 6.34. The lowest BCUT2D eigenvalue weighted by molar-refractivity contribution is -0.140. The van der Waals surface area contributed by atoms with Gasteiger partial charge in [-0.2, -0.15) is 0 Å². The second-order valence-corrected chi connectivity index (χ2v) is 12.3. The highest BCUT2D eigenvalue weighted by Crippen LogP contribution is 2.26. The van der Waals surface area contributed by atoms with Crippen molar-refractivity contribution < 1.29 is 22.4 Å². The molecule has 0 aliphatic heterocycles. The zero-order valence-corrected chi connectivity index (χ0v) is 24.7. The first-order chi connectivity index (χ1) is 18.9. The van der Waals surface area contributed by atoms with Gasteiger partial charge in [-0.05, 0) is 73.4 Å². The van der Waals surface area contributed by atoms with Crippen molar-refractivity contribution in [3.05, 3.63) is 94.8 Å². The Kier molecular flexibility index (Phi) is 10.7. The topological polar surface area (TPSA) is 86.8 Å². The maximum absolute atomic E-state index is 14.0. The summed E-state index contributed by atoms with van der Waals surface area (Å²) in [4.78, 5) is 28.6. The van der Waals surface area contributed by atoms with Gasteiger partial charge in [0.25, 0.3) is 10.0 Å². The van der Waals surface area contributed by atoms with E-state index in [0.29, 0.717) is 23.6 Å². The van der Waals surface area contributed by atoms with Gasteiger partial charge in [-0.3, -0.25) is 13.9 Å². The molecule has 0 unspecified atom stereocenters. The summed E-state index contributed by atoms with van der Waals surface area (Å²) in [6, 6.07) is 17.2. The molecular weight excluding hydrogens is 553 g/mol. The molecule has 0 aliphatic rings. The number of sulfonamides is 1. The molecule has 0 bridgehead atoms. The first-order valence-electron chi connectivity index (χ1n) is 13.1. The molecule has 0 heterocycles. The Hall–Kier alpha value is -3.43. The average Bonchev–Trinajstić information content (AvgIpc) is 2.92. The molecule has 2 amide bonds. The molecule has 0 saturated heterocycles. The van der Waals surface area contributed by atoms with Gasteiger partial charge < -0.3 is 10.2 Å². The van der Waals surface area contributed by atoms with Crippen LogP contribution in [0.25, 0.3) is 0 Å². The van der Waals surface area contributed by atoms with Crippen molar-refractivity contribution in [2.75, 3.05) is 17.4 Å². The van der Waals surface area contributed by atoms with Gasteiger partial charge in [0.2, 0.25) is 11.8 Å². The number of carbonyl (C=O) groups excluding carboxylic acids is 2. The number of hydrogen-bond acceptors (Lipinski definition) is 4. The van der Waals surface area contributed by atoms with Crippen molar-refractivity contribution in [1.29, 1.82) is 0 Å². The number of halogens is 2. The molecule has 1 N–H and O–H groups in total. The maximum atomic E-state index is 14.0. The SMILES string of the molecule is CC[C@@H](C(=O)NCC(C)C)N(Cc1ccc(F)cc1)C(=O)CN(c1ccc(Cl)cc1)S(=O)(=O)c1ccc(C)cc1. The molecule has 3 aromatic carbocycles. The van der Waals surface area contributed by atoms with Gasteiger partial charge in [-0.1, -0.05) is 62.2 Å². The van der Waals surface area contributed by atoms with Crippen molar-refractivity contribution in [1.82, 2.24) is 10.2 Å². The highest BCUT2D eigenvalue weighted by molar-refractivity contribution is 7.92. The molecule has 3 rings (SSSR count). The first-order valence-corrected chi connectivity index (χ1v) is 14.9. The minimum absolute atomic E-state index is 0.00818. The van der Waals surface area contributed by atoms with Crippen LogP contribution in [0.5, 0.6) is 0 Å². The van der Waals surface area contributed by atoms with Crippen LogP contribution in [0.15, 0.2) is 77.7 Å². The van der Waals surface area contributed by atoms with Crippen LogP contribution >= 0.6 is 11.6 Å². The lowest BCUT2D eigenvalue weighted by atomic mass is 10.1. The number of rotatable bonds is 12. The summed E-state index contributed by atoms with van der Waals surface area (Å²) in [7, 11) is -4.17. The number of hydrogen-bond donors (Lipinski definition) is 1. The van der Waals surface area contributed by atoms with E-state index in [0.717, 1.165) is 9.87 Å². The highest BCUT2D eigenvalue weighted by atomic mass is 35.5. The van der Waals surface area contributed by atoms with Crippen molar-refractivity contribution in [2.45, 2.75) is 51.6 Å². The first kappa shape index (κ1) is 31.1. The van der Waals surface area contributed by atoms with Crippen molar-refractivity contribution in [3.63, 3.8) is 0 Å². The van der Waals surface area contributed by atoms with Crippen molar-refractivity contribution >= 4 is 39.1 Å². The third-order valence-corrected chi connectivity index (χ3v) is 8.38. The lowest BCUT2D eigenvalue weighted by Gasteiger charge is -2.33. The molecule has 0 radical (unpaired) electrons. The molecule has 0 aliphatic carbocycles. The Balaban J connectivity index is 2.03. The molecule has 214 valence electrons. The third kappa shape index (κ3) is 8.05. The summed E-state index contributed by atoms with van der Waals surface area (Å²) in [5, 5.41) is 3.29. The number of nitrogens with zero attached hydrogens (tertiary/aromatic N) is 2. The van der Waals surface area contributed by atoms with E-state index in [1.807, 2.05) is 20.8 Å². The van der Waals surface area contributed by atoms with Crippen LogP contribution in [0.3, 0.4) is 0 Å². The fraction of sp³-hybridized carbons (Fsp3) is 0.333. The Morgan fingerprint density at radius 3 is 2.10 bits per heavy atom. The zero-order valence-electron chi connectivity index (χ0n) is 23.1. The van der Waals surface area contributed by atoms with Crippen LogP contribution in [0.2, 0.25) is 5.02 Å². The largest absolute Gasteiger partial charge is 0.354 e. The lowest BCUT2D eigenvalue weighted by Crippen LogP contribution is -2.52. The van der Waals surface area contributed by atoms with E-state index in [1.54, 1.807) is 31.2 Å². The number of anilines is 1. The van der Waals surface area contributed by atoms with Crippen LogP contribution in [0.4, 0.5) is 10.1 Å². The molecule has 40 heavy (non-hydrogen) atoms. The van der Waals surface area contributed by atoms with E-state index in [9.17, 15) is 22.4 Å². The average molecular weight is 588 g/mol. The normalized spacial score (nSPS) is 12.2. The summed E-state index contributed by atoms with van der Waals surface area (Å²) in [6.45, 7) is 7.40. The highest BCUT2D eigenvalue weighted by Gasteiger charge is 2.33. The second-order valence-electron chi connectivity index (χ2n) is 10.0. The summed E-state index contributed by atoms with van der Waals surface area (Å²) in [5.41, 5.74) is 1.73. The molecule has 10 heteroatoms. The zero-order chi connectivity index (χ0) is 29.4. The van der Waals surface area contributed by atoms with Crippen LogP contribution < -0.4 is 9.62 Å². The van der Waals surface area contributed by atoms with Gasteiger partial charge in [0, 0.05) is 18.1 Å². The predicted octanol–water partition coefficient (Wildman–Crippen LogP) is 5.56. The Bertz CT molecular complexity index is 1400. The molecule has 7 nitrogen and oxygen atoms in total. The maximum Gasteiger partial charge on any atom is 0.264 e. The fourth-order valence-corrected chi connectivity index (χ4v) is 5.64. The smallest absolute Gasteiger partial charge is 0.264 e. The molecule has 0 saturated carbocycles. The Morgan fingerprint density at radius 1 is 0.950 bits per heavy atom. The van der Waals surface area contributed by atoms with Crippen LogP contribution in [0, 0.1) is 18.7 Å². The minimum Gasteiger partial charge on any atom is -0.354 e. The number of nitrogens with one attached hydrogen (secondary N) is 1.